The molecule has 2 aromatic heterocycles. The Morgan fingerprint density at radius 1 is 1.22 bits per heavy atom. The fourth-order valence-corrected chi connectivity index (χ4v) is 4.17. The number of thiazole rings is 1. The van der Waals surface area contributed by atoms with Crippen molar-refractivity contribution in [3.63, 3.8) is 0 Å². The summed E-state index contributed by atoms with van der Waals surface area (Å²) in [6.45, 7) is 8.44. The van der Waals surface area contributed by atoms with Crippen molar-refractivity contribution >= 4 is 34.1 Å². The predicted octanol–water partition coefficient (Wildman–Crippen LogP) is 5.57. The van der Waals surface area contributed by atoms with Gasteiger partial charge in [-0.2, -0.15) is 0 Å². The first-order valence-corrected chi connectivity index (χ1v) is 10.5. The third-order valence-corrected chi connectivity index (χ3v) is 5.73. The summed E-state index contributed by atoms with van der Waals surface area (Å²) in [5, 5.41) is 4.12. The van der Waals surface area contributed by atoms with Gasteiger partial charge < -0.3 is 4.42 Å². The van der Waals surface area contributed by atoms with Gasteiger partial charge in [0.15, 0.2) is 5.13 Å². The number of thioether (sulfide) groups is 1. The second kappa shape index (κ2) is 8.27. The van der Waals surface area contributed by atoms with Crippen molar-refractivity contribution in [3.8, 4) is 0 Å². The monoisotopic (exact) mass is 401 g/mol. The van der Waals surface area contributed by atoms with Gasteiger partial charge in [-0.15, -0.1) is 11.3 Å². The first kappa shape index (κ1) is 19.6. The number of hydrogen-bond acceptors (Lipinski definition) is 6. The van der Waals surface area contributed by atoms with Crippen LogP contribution in [-0.4, -0.2) is 15.9 Å². The number of carbonyl (C=O) groups is 1. The van der Waals surface area contributed by atoms with E-state index in [-0.39, 0.29) is 11.3 Å². The van der Waals surface area contributed by atoms with Crippen molar-refractivity contribution in [1.82, 2.24) is 9.97 Å². The molecule has 0 aliphatic carbocycles. The van der Waals surface area contributed by atoms with Gasteiger partial charge in [0.25, 0.3) is 11.1 Å². The zero-order valence-corrected chi connectivity index (χ0v) is 17.5. The first-order chi connectivity index (χ1) is 12.8. The minimum atomic E-state index is -0.138. The lowest BCUT2D eigenvalue weighted by molar-refractivity contribution is 0.102. The van der Waals surface area contributed by atoms with Gasteiger partial charge in [0, 0.05) is 28.8 Å². The molecule has 5 nitrogen and oxygen atoms in total. The number of benzene rings is 1. The summed E-state index contributed by atoms with van der Waals surface area (Å²) < 4.78 is 5.79. The van der Waals surface area contributed by atoms with Gasteiger partial charge in [0.05, 0.1) is 6.20 Å². The van der Waals surface area contributed by atoms with Crippen molar-refractivity contribution in [2.24, 2.45) is 5.41 Å². The minimum Gasteiger partial charge on any atom is -0.437 e. The van der Waals surface area contributed by atoms with Gasteiger partial charge in [-0.3, -0.25) is 10.1 Å². The number of aromatic nitrogens is 2. The van der Waals surface area contributed by atoms with Crippen LogP contribution in [0.3, 0.4) is 0 Å². The fourth-order valence-electron chi connectivity index (χ4n) is 2.52. The number of nitrogens with one attached hydrogen (secondary N) is 1. The van der Waals surface area contributed by atoms with Crippen molar-refractivity contribution in [2.75, 3.05) is 5.32 Å². The second-order valence-corrected chi connectivity index (χ2v) is 9.56. The number of hydrogen-bond donors (Lipinski definition) is 1. The Morgan fingerprint density at radius 3 is 2.74 bits per heavy atom. The molecule has 0 fully saturated rings. The van der Waals surface area contributed by atoms with Crippen LogP contribution in [0.2, 0.25) is 0 Å². The Morgan fingerprint density at radius 2 is 2.00 bits per heavy atom. The molecule has 0 bridgehead atoms. The van der Waals surface area contributed by atoms with Crippen LogP contribution in [0.4, 0.5) is 5.13 Å². The zero-order chi connectivity index (χ0) is 19.4. The summed E-state index contributed by atoms with van der Waals surface area (Å²) >= 11 is 3.00. The summed E-state index contributed by atoms with van der Waals surface area (Å²) in [5.41, 5.74) is 1.77. The molecule has 142 valence electrons. The second-order valence-electron chi connectivity index (χ2n) is 7.52. The maximum atomic E-state index is 12.4. The molecule has 27 heavy (non-hydrogen) atoms. The van der Waals surface area contributed by atoms with Crippen LogP contribution in [0.25, 0.3) is 0 Å². The highest BCUT2D eigenvalue weighted by Gasteiger charge is 2.16. The third kappa shape index (κ3) is 5.68. The van der Waals surface area contributed by atoms with Crippen molar-refractivity contribution in [1.29, 1.82) is 0 Å². The Kier molecular flexibility index (Phi) is 6.01. The molecule has 0 saturated carbocycles. The van der Waals surface area contributed by atoms with Crippen molar-refractivity contribution in [2.45, 2.75) is 45.1 Å². The minimum absolute atomic E-state index is 0.138. The number of oxazole rings is 1. The Labute approximate surface area is 167 Å². The van der Waals surface area contributed by atoms with E-state index in [1.165, 1.54) is 23.1 Å². The van der Waals surface area contributed by atoms with E-state index in [4.69, 9.17) is 4.42 Å². The van der Waals surface area contributed by atoms with E-state index >= 15 is 0 Å². The quantitative estimate of drug-likeness (QED) is 0.547. The summed E-state index contributed by atoms with van der Waals surface area (Å²) in [6, 6.07) is 7.51. The lowest BCUT2D eigenvalue weighted by Crippen LogP contribution is -2.12. The lowest BCUT2D eigenvalue weighted by Gasteiger charge is -2.15. The molecule has 1 N–H and O–H groups in total. The SMILES string of the molecule is Cc1ccccc1C(=O)Nc1ncc(CSc2ncc(CC(C)(C)C)o2)s1. The molecular formula is C20H23N3O2S2. The van der Waals surface area contributed by atoms with Crippen LogP contribution in [0.15, 0.2) is 46.3 Å². The van der Waals surface area contributed by atoms with Gasteiger partial charge in [-0.1, -0.05) is 50.7 Å². The molecule has 0 spiro atoms. The van der Waals surface area contributed by atoms with E-state index < -0.39 is 0 Å². The fraction of sp³-hybridized carbons (Fsp3) is 0.350. The zero-order valence-electron chi connectivity index (χ0n) is 15.9. The number of amides is 1. The first-order valence-electron chi connectivity index (χ1n) is 8.69. The Balaban J connectivity index is 1.55. The van der Waals surface area contributed by atoms with Crippen LogP contribution >= 0.6 is 23.1 Å². The number of carbonyl (C=O) groups excluding carboxylic acids is 1. The number of anilines is 1. The molecular weight excluding hydrogens is 378 g/mol. The summed E-state index contributed by atoms with van der Waals surface area (Å²) in [4.78, 5) is 22.0. The van der Waals surface area contributed by atoms with E-state index in [1.54, 1.807) is 12.4 Å². The molecule has 2 heterocycles. The van der Waals surface area contributed by atoms with Gasteiger partial charge in [0.1, 0.15) is 5.76 Å². The van der Waals surface area contributed by atoms with Crippen LogP contribution in [0, 0.1) is 12.3 Å². The smallest absolute Gasteiger partial charge is 0.257 e. The highest BCUT2D eigenvalue weighted by molar-refractivity contribution is 7.98. The molecule has 3 aromatic rings. The van der Waals surface area contributed by atoms with Gasteiger partial charge in [0.2, 0.25) is 0 Å². The molecule has 1 amide bonds. The number of aryl methyl sites for hydroxylation is 1. The van der Waals surface area contributed by atoms with Crippen LogP contribution in [0.5, 0.6) is 0 Å². The normalized spacial score (nSPS) is 11.6. The van der Waals surface area contributed by atoms with E-state index in [2.05, 4.69) is 36.1 Å². The van der Waals surface area contributed by atoms with Crippen LogP contribution in [-0.2, 0) is 12.2 Å². The Bertz CT molecular complexity index is 925. The van der Waals surface area contributed by atoms with Crippen molar-refractivity contribution < 1.29 is 9.21 Å². The van der Waals surface area contributed by atoms with Crippen molar-refractivity contribution in [3.05, 3.63) is 58.4 Å². The average Bonchev–Trinajstić information content (AvgIpc) is 3.21. The maximum absolute atomic E-state index is 12.4. The van der Waals surface area contributed by atoms with Gasteiger partial charge in [-0.05, 0) is 24.0 Å². The van der Waals surface area contributed by atoms with E-state index in [9.17, 15) is 4.79 Å². The topological polar surface area (TPSA) is 68.0 Å². The van der Waals surface area contributed by atoms with E-state index in [0.717, 1.165) is 22.6 Å². The molecule has 0 aliphatic heterocycles. The molecule has 7 heteroatoms. The summed E-state index contributed by atoms with van der Waals surface area (Å²) in [6.07, 6.45) is 4.44. The van der Waals surface area contributed by atoms with Crippen LogP contribution in [0.1, 0.15) is 47.3 Å². The molecule has 1 aromatic carbocycles. The maximum Gasteiger partial charge on any atom is 0.257 e. The Hall–Kier alpha value is -2.12. The number of nitrogens with zero attached hydrogens (tertiary/aromatic N) is 2. The molecule has 0 radical (unpaired) electrons. The molecule has 0 atom stereocenters. The van der Waals surface area contributed by atoms with Gasteiger partial charge in [-0.25, -0.2) is 9.97 Å². The highest BCUT2D eigenvalue weighted by atomic mass is 32.2. The molecule has 3 rings (SSSR count). The highest BCUT2D eigenvalue weighted by Crippen LogP contribution is 2.29. The summed E-state index contributed by atoms with van der Waals surface area (Å²) in [7, 11) is 0. The standard InChI is InChI=1S/C20H23N3O2S2/c1-13-7-5-6-8-16(13)17(24)23-18-21-11-15(27-18)12-26-19-22-10-14(25-19)9-20(2,3)4/h5-8,10-11H,9,12H2,1-4H3,(H,21,23,24). The number of rotatable bonds is 6. The largest absolute Gasteiger partial charge is 0.437 e. The molecule has 0 unspecified atom stereocenters. The average molecular weight is 402 g/mol. The third-order valence-electron chi connectivity index (χ3n) is 3.74. The summed E-state index contributed by atoms with van der Waals surface area (Å²) in [5.74, 6) is 1.47. The van der Waals surface area contributed by atoms with E-state index in [0.29, 0.717) is 21.7 Å². The predicted molar refractivity (Wildman–Crippen MR) is 110 cm³/mol. The van der Waals surface area contributed by atoms with Crippen LogP contribution < -0.4 is 5.32 Å². The van der Waals surface area contributed by atoms with Gasteiger partial charge >= 0.3 is 0 Å². The molecule has 0 saturated heterocycles. The molecule has 0 aliphatic rings. The lowest BCUT2D eigenvalue weighted by atomic mass is 9.91. The van der Waals surface area contributed by atoms with E-state index in [1.807, 2.05) is 31.2 Å².